The second-order valence-electron chi connectivity index (χ2n) is 7.78. The number of rotatable bonds is 7. The average Bonchev–Trinajstić information content (AvgIpc) is 2.72. The van der Waals surface area contributed by atoms with Gasteiger partial charge in [-0.25, -0.2) is 4.98 Å². The van der Waals surface area contributed by atoms with Crippen molar-refractivity contribution < 1.29 is 9.90 Å². The zero-order chi connectivity index (χ0) is 20.9. The highest BCUT2D eigenvalue weighted by Gasteiger charge is 2.29. The molecule has 2 aromatic rings. The molecule has 0 atom stereocenters. The van der Waals surface area contributed by atoms with Crippen LogP contribution in [0.15, 0.2) is 30.6 Å². The lowest BCUT2D eigenvalue weighted by atomic mass is 9.85. The van der Waals surface area contributed by atoms with E-state index >= 15 is 0 Å². The highest BCUT2D eigenvalue weighted by molar-refractivity contribution is 6.34. The number of carbonyl (C=O) groups is 1. The summed E-state index contributed by atoms with van der Waals surface area (Å²) in [4.78, 5) is 23.2. The quantitative estimate of drug-likeness (QED) is 0.640. The van der Waals surface area contributed by atoms with Crippen molar-refractivity contribution in [2.24, 2.45) is 0 Å². The second-order valence-corrected chi connectivity index (χ2v) is 8.19. The lowest BCUT2D eigenvalue weighted by Crippen LogP contribution is -2.44. The molecule has 0 radical (unpaired) electrons. The van der Waals surface area contributed by atoms with Gasteiger partial charge in [0, 0.05) is 26.3 Å². The van der Waals surface area contributed by atoms with E-state index in [1.54, 1.807) is 24.5 Å². The first-order chi connectivity index (χ1) is 13.9. The first kappa shape index (κ1) is 21.3. The van der Waals surface area contributed by atoms with Crippen molar-refractivity contribution in [2.75, 3.05) is 30.9 Å². The Morgan fingerprint density at radius 1 is 1.24 bits per heavy atom. The lowest BCUT2D eigenvalue weighted by molar-refractivity contribution is 0.00526. The molecule has 29 heavy (non-hydrogen) atoms. The van der Waals surface area contributed by atoms with Gasteiger partial charge in [-0.05, 0) is 31.0 Å². The minimum absolute atomic E-state index is 0.243. The Kier molecular flexibility index (Phi) is 6.92. The van der Waals surface area contributed by atoms with Gasteiger partial charge in [0.1, 0.15) is 5.82 Å². The van der Waals surface area contributed by atoms with Gasteiger partial charge in [-0.1, -0.05) is 30.9 Å². The highest BCUT2D eigenvalue weighted by atomic mass is 35.5. The number of amides is 1. The summed E-state index contributed by atoms with van der Waals surface area (Å²) < 4.78 is 0. The van der Waals surface area contributed by atoms with Crippen LogP contribution in [0.1, 0.15) is 48.2 Å². The average molecular weight is 418 g/mol. The van der Waals surface area contributed by atoms with Gasteiger partial charge >= 0.3 is 0 Å². The monoisotopic (exact) mass is 417 g/mol. The van der Waals surface area contributed by atoms with Gasteiger partial charge in [0.15, 0.2) is 0 Å². The Balaban J connectivity index is 1.63. The fourth-order valence-electron chi connectivity index (χ4n) is 3.42. The standard InChI is InChI=1S/C21H28ClN5O2/c1-27(2)19-13-23-11-16(26-19)12-24-15-6-7-18(22)17(10-15)20(28)25-14-21(29)8-4-3-5-9-21/h6-7,10-11,13,24,29H,3-5,8-9,12,14H2,1-2H3,(H,25,28). The maximum atomic E-state index is 12.6. The minimum Gasteiger partial charge on any atom is -0.388 e. The summed E-state index contributed by atoms with van der Waals surface area (Å²) in [5, 5.41) is 17.1. The van der Waals surface area contributed by atoms with Crippen LogP contribution in [0, 0.1) is 0 Å². The minimum atomic E-state index is -0.813. The molecule has 1 aromatic heterocycles. The summed E-state index contributed by atoms with van der Waals surface area (Å²) in [5.41, 5.74) is 1.11. The molecule has 1 amide bonds. The van der Waals surface area contributed by atoms with E-state index < -0.39 is 5.60 Å². The Bertz CT molecular complexity index is 853. The predicted octanol–water partition coefficient (Wildman–Crippen LogP) is 3.23. The molecule has 1 heterocycles. The molecule has 1 aliphatic carbocycles. The van der Waals surface area contributed by atoms with Crippen LogP contribution in [-0.2, 0) is 6.54 Å². The fourth-order valence-corrected chi connectivity index (χ4v) is 3.63. The van der Waals surface area contributed by atoms with Crippen molar-refractivity contribution in [1.29, 1.82) is 0 Å². The summed E-state index contributed by atoms with van der Waals surface area (Å²) in [6.07, 6.45) is 7.96. The second kappa shape index (κ2) is 9.41. The van der Waals surface area contributed by atoms with Crippen LogP contribution in [0.4, 0.5) is 11.5 Å². The summed E-state index contributed by atoms with van der Waals surface area (Å²) >= 11 is 6.24. The maximum absolute atomic E-state index is 12.6. The number of benzene rings is 1. The summed E-state index contributed by atoms with van der Waals surface area (Å²) in [6, 6.07) is 5.22. The maximum Gasteiger partial charge on any atom is 0.252 e. The van der Waals surface area contributed by atoms with Crippen LogP contribution < -0.4 is 15.5 Å². The number of nitrogens with one attached hydrogen (secondary N) is 2. The van der Waals surface area contributed by atoms with Gasteiger partial charge in [0.05, 0.1) is 40.8 Å². The van der Waals surface area contributed by atoms with E-state index in [2.05, 4.69) is 20.6 Å². The van der Waals surface area contributed by atoms with E-state index in [1.807, 2.05) is 25.1 Å². The highest BCUT2D eigenvalue weighted by Crippen LogP contribution is 2.28. The molecular formula is C21H28ClN5O2. The van der Waals surface area contributed by atoms with Gasteiger partial charge in [-0.3, -0.25) is 9.78 Å². The molecular weight excluding hydrogens is 390 g/mol. The van der Waals surface area contributed by atoms with Gasteiger partial charge in [-0.15, -0.1) is 0 Å². The Morgan fingerprint density at radius 3 is 2.72 bits per heavy atom. The molecule has 1 aliphatic rings. The molecule has 3 rings (SSSR count). The van der Waals surface area contributed by atoms with E-state index in [4.69, 9.17) is 11.6 Å². The summed E-state index contributed by atoms with van der Waals surface area (Å²) in [6.45, 7) is 0.712. The van der Waals surface area contributed by atoms with E-state index in [-0.39, 0.29) is 12.5 Å². The van der Waals surface area contributed by atoms with Crippen LogP contribution in [0.5, 0.6) is 0 Å². The normalized spacial score (nSPS) is 15.6. The Labute approximate surface area is 176 Å². The Morgan fingerprint density at radius 2 is 2.00 bits per heavy atom. The number of aliphatic hydroxyl groups is 1. The molecule has 0 aliphatic heterocycles. The third kappa shape index (κ3) is 5.81. The third-order valence-electron chi connectivity index (χ3n) is 5.18. The fraction of sp³-hybridized carbons (Fsp3) is 0.476. The molecule has 8 heteroatoms. The number of nitrogens with zero attached hydrogens (tertiary/aromatic N) is 3. The third-order valence-corrected chi connectivity index (χ3v) is 5.51. The lowest BCUT2D eigenvalue weighted by Gasteiger charge is -2.32. The smallest absolute Gasteiger partial charge is 0.252 e. The van der Waals surface area contributed by atoms with Crippen molar-refractivity contribution >= 4 is 29.0 Å². The van der Waals surface area contributed by atoms with Crippen molar-refractivity contribution in [2.45, 2.75) is 44.2 Å². The molecule has 1 saturated carbocycles. The van der Waals surface area contributed by atoms with Crippen LogP contribution >= 0.6 is 11.6 Å². The van der Waals surface area contributed by atoms with Gasteiger partial charge < -0.3 is 20.6 Å². The van der Waals surface area contributed by atoms with Crippen LogP contribution in [0.3, 0.4) is 0 Å². The number of carbonyl (C=O) groups excluding carboxylic acids is 1. The van der Waals surface area contributed by atoms with Crippen LogP contribution in [-0.4, -0.2) is 47.2 Å². The van der Waals surface area contributed by atoms with E-state index in [9.17, 15) is 9.90 Å². The van der Waals surface area contributed by atoms with Crippen LogP contribution in [0.2, 0.25) is 5.02 Å². The van der Waals surface area contributed by atoms with Crippen molar-refractivity contribution in [1.82, 2.24) is 15.3 Å². The topological polar surface area (TPSA) is 90.4 Å². The number of hydrogen-bond donors (Lipinski definition) is 3. The molecule has 156 valence electrons. The zero-order valence-electron chi connectivity index (χ0n) is 16.9. The molecule has 0 saturated heterocycles. The van der Waals surface area contributed by atoms with Crippen LogP contribution in [0.25, 0.3) is 0 Å². The molecule has 0 unspecified atom stereocenters. The first-order valence-corrected chi connectivity index (χ1v) is 10.3. The Hall–Kier alpha value is -2.38. The number of halogens is 1. The molecule has 7 nitrogen and oxygen atoms in total. The van der Waals surface area contributed by atoms with Crippen molar-refractivity contribution in [3.8, 4) is 0 Å². The number of hydrogen-bond acceptors (Lipinski definition) is 6. The van der Waals surface area contributed by atoms with Gasteiger partial charge in [0.25, 0.3) is 5.91 Å². The van der Waals surface area contributed by atoms with Crippen molar-refractivity contribution in [3.05, 3.63) is 46.9 Å². The largest absolute Gasteiger partial charge is 0.388 e. The number of aromatic nitrogens is 2. The van der Waals surface area contributed by atoms with Gasteiger partial charge in [-0.2, -0.15) is 0 Å². The predicted molar refractivity (Wildman–Crippen MR) is 116 cm³/mol. The zero-order valence-corrected chi connectivity index (χ0v) is 17.7. The molecule has 0 bridgehead atoms. The molecule has 1 aromatic carbocycles. The van der Waals surface area contributed by atoms with Crippen molar-refractivity contribution in [3.63, 3.8) is 0 Å². The first-order valence-electron chi connectivity index (χ1n) is 9.89. The van der Waals surface area contributed by atoms with E-state index in [1.165, 1.54) is 0 Å². The SMILES string of the molecule is CN(C)c1cncc(CNc2ccc(Cl)c(C(=O)NCC3(O)CCCCC3)c2)n1. The van der Waals surface area contributed by atoms with E-state index in [0.717, 1.165) is 49.3 Å². The molecule has 3 N–H and O–H groups in total. The molecule has 0 spiro atoms. The molecule has 1 fully saturated rings. The van der Waals surface area contributed by atoms with E-state index in [0.29, 0.717) is 17.1 Å². The summed E-state index contributed by atoms with van der Waals surface area (Å²) in [5.74, 6) is 0.494. The van der Waals surface area contributed by atoms with Gasteiger partial charge in [0.2, 0.25) is 0 Å². The number of anilines is 2. The summed E-state index contributed by atoms with van der Waals surface area (Å²) in [7, 11) is 3.82.